The Morgan fingerprint density at radius 1 is 1.03 bits per heavy atom. The van der Waals surface area contributed by atoms with Gasteiger partial charge in [-0.1, -0.05) is 36.4 Å². The average Bonchev–Trinajstić information content (AvgIpc) is 3.69. The number of rotatable bonds is 5. The van der Waals surface area contributed by atoms with Crippen molar-refractivity contribution in [2.45, 2.75) is 25.8 Å². The van der Waals surface area contributed by atoms with Crippen LogP contribution in [-0.4, -0.2) is 47.3 Å². The summed E-state index contributed by atoms with van der Waals surface area (Å²) in [5.74, 6) is -0.873. The first kappa shape index (κ1) is 22.1. The third kappa shape index (κ3) is 4.25. The Morgan fingerprint density at radius 3 is 2.38 bits per heavy atom. The molecular formula is C27H26FN3O3. The monoisotopic (exact) mass is 459 g/mol. The van der Waals surface area contributed by atoms with Crippen LogP contribution >= 0.6 is 0 Å². The van der Waals surface area contributed by atoms with Crippen molar-refractivity contribution in [2.75, 3.05) is 31.1 Å². The third-order valence-corrected chi connectivity index (χ3v) is 6.60. The van der Waals surface area contributed by atoms with Gasteiger partial charge in [-0.15, -0.1) is 0 Å². The van der Waals surface area contributed by atoms with Crippen LogP contribution in [0.1, 0.15) is 41.7 Å². The van der Waals surface area contributed by atoms with Gasteiger partial charge in [0.25, 0.3) is 0 Å². The summed E-state index contributed by atoms with van der Waals surface area (Å²) in [5.41, 5.74) is 1.52. The van der Waals surface area contributed by atoms with Gasteiger partial charge in [-0.3, -0.25) is 14.4 Å². The number of fused-ring (bicyclic) bond motifs is 1. The summed E-state index contributed by atoms with van der Waals surface area (Å²) in [4.78, 5) is 41.5. The van der Waals surface area contributed by atoms with E-state index >= 15 is 4.39 Å². The molecule has 2 aliphatic rings. The fourth-order valence-corrected chi connectivity index (χ4v) is 4.52. The minimum absolute atomic E-state index is 0.0136. The predicted molar refractivity (Wildman–Crippen MR) is 131 cm³/mol. The van der Waals surface area contributed by atoms with Crippen LogP contribution in [0.5, 0.6) is 0 Å². The lowest BCUT2D eigenvalue weighted by molar-refractivity contribution is -0.129. The number of carbonyl (C=O) groups excluding carboxylic acids is 2. The zero-order valence-corrected chi connectivity index (χ0v) is 19.0. The van der Waals surface area contributed by atoms with E-state index in [0.717, 1.165) is 18.4 Å². The van der Waals surface area contributed by atoms with Crippen LogP contribution in [0.2, 0.25) is 0 Å². The SMILES string of the molecule is CC(=O)N1CCN(c2cc3c(cc2F)c(=O)c(C(=O)C=Cc2ccccc2)cn3C2CC2)CC1. The fraction of sp³-hybridized carbons (Fsp3) is 0.296. The number of pyridine rings is 1. The van der Waals surface area contributed by atoms with E-state index in [9.17, 15) is 14.4 Å². The molecule has 6 nitrogen and oxygen atoms in total. The highest BCUT2D eigenvalue weighted by Gasteiger charge is 2.28. The molecule has 2 aromatic carbocycles. The molecule has 0 spiro atoms. The Hall–Kier alpha value is -3.74. The molecule has 2 fully saturated rings. The first-order valence-corrected chi connectivity index (χ1v) is 11.6. The third-order valence-electron chi connectivity index (χ3n) is 6.60. The molecule has 34 heavy (non-hydrogen) atoms. The molecule has 0 atom stereocenters. The molecule has 1 aliphatic carbocycles. The minimum atomic E-state index is -0.493. The van der Waals surface area contributed by atoms with Crippen LogP contribution in [0, 0.1) is 5.82 Å². The molecular weight excluding hydrogens is 433 g/mol. The van der Waals surface area contributed by atoms with Crippen molar-refractivity contribution in [2.24, 2.45) is 0 Å². The van der Waals surface area contributed by atoms with Gasteiger partial charge < -0.3 is 14.4 Å². The van der Waals surface area contributed by atoms with Crippen LogP contribution < -0.4 is 10.3 Å². The topological polar surface area (TPSA) is 62.6 Å². The lowest BCUT2D eigenvalue weighted by atomic mass is 10.1. The number of piperazine rings is 1. The van der Waals surface area contributed by atoms with E-state index in [1.807, 2.05) is 39.8 Å². The van der Waals surface area contributed by atoms with E-state index in [1.54, 1.807) is 23.2 Å². The Labute approximate surface area is 196 Å². The first-order chi connectivity index (χ1) is 16.4. The normalized spacial score (nSPS) is 16.4. The predicted octanol–water partition coefficient (Wildman–Crippen LogP) is 4.04. The van der Waals surface area contributed by atoms with E-state index < -0.39 is 17.0 Å². The number of aromatic nitrogens is 1. The summed E-state index contributed by atoms with van der Waals surface area (Å²) in [6, 6.07) is 12.6. The molecule has 174 valence electrons. The first-order valence-electron chi connectivity index (χ1n) is 11.6. The van der Waals surface area contributed by atoms with Crippen LogP contribution in [0.3, 0.4) is 0 Å². The quantitative estimate of drug-likeness (QED) is 0.427. The number of ketones is 1. The average molecular weight is 460 g/mol. The smallest absolute Gasteiger partial charge is 0.219 e. The van der Waals surface area contributed by atoms with Crippen molar-refractivity contribution in [3.05, 3.63) is 81.9 Å². The molecule has 0 N–H and O–H groups in total. The molecule has 1 aromatic heterocycles. The van der Waals surface area contributed by atoms with Crippen molar-refractivity contribution in [1.82, 2.24) is 9.47 Å². The molecule has 1 saturated carbocycles. The Bertz CT molecular complexity index is 1350. The Balaban J connectivity index is 1.53. The molecule has 5 rings (SSSR count). The molecule has 2 heterocycles. The number of nitrogens with zero attached hydrogens (tertiary/aromatic N) is 3. The van der Waals surface area contributed by atoms with E-state index in [-0.39, 0.29) is 22.9 Å². The van der Waals surface area contributed by atoms with E-state index in [2.05, 4.69) is 0 Å². The lowest BCUT2D eigenvalue weighted by Crippen LogP contribution is -2.48. The number of benzene rings is 2. The maximum atomic E-state index is 15.2. The molecule has 0 bridgehead atoms. The van der Waals surface area contributed by atoms with E-state index in [4.69, 9.17) is 0 Å². The Morgan fingerprint density at radius 2 is 1.74 bits per heavy atom. The van der Waals surface area contributed by atoms with Gasteiger partial charge in [0, 0.05) is 50.7 Å². The van der Waals surface area contributed by atoms with Gasteiger partial charge in [-0.2, -0.15) is 0 Å². The second kappa shape index (κ2) is 8.89. The van der Waals surface area contributed by atoms with Crippen molar-refractivity contribution in [3.63, 3.8) is 0 Å². The van der Waals surface area contributed by atoms with Gasteiger partial charge in [0.05, 0.1) is 16.8 Å². The molecule has 1 aliphatic heterocycles. The zero-order chi connectivity index (χ0) is 23.8. The summed E-state index contributed by atoms with van der Waals surface area (Å²) in [5, 5.41) is 0.217. The second-order valence-electron chi connectivity index (χ2n) is 8.93. The van der Waals surface area contributed by atoms with Crippen molar-refractivity contribution < 1.29 is 14.0 Å². The zero-order valence-electron chi connectivity index (χ0n) is 19.0. The number of hydrogen-bond acceptors (Lipinski definition) is 4. The number of halogens is 1. The van der Waals surface area contributed by atoms with Crippen LogP contribution in [0.15, 0.2) is 59.5 Å². The number of hydrogen-bond donors (Lipinski definition) is 0. The maximum Gasteiger partial charge on any atom is 0.219 e. The van der Waals surface area contributed by atoms with Crippen molar-refractivity contribution in [1.29, 1.82) is 0 Å². The van der Waals surface area contributed by atoms with E-state index in [0.29, 0.717) is 37.4 Å². The minimum Gasteiger partial charge on any atom is -0.366 e. The fourth-order valence-electron chi connectivity index (χ4n) is 4.52. The maximum absolute atomic E-state index is 15.2. The van der Waals surface area contributed by atoms with Gasteiger partial charge in [-0.05, 0) is 36.6 Å². The number of allylic oxidation sites excluding steroid dienone is 1. The van der Waals surface area contributed by atoms with Gasteiger partial charge >= 0.3 is 0 Å². The highest BCUT2D eigenvalue weighted by atomic mass is 19.1. The molecule has 0 radical (unpaired) electrons. The summed E-state index contributed by atoms with van der Waals surface area (Å²) < 4.78 is 17.2. The summed E-state index contributed by atoms with van der Waals surface area (Å²) in [7, 11) is 0. The summed E-state index contributed by atoms with van der Waals surface area (Å²) in [6.45, 7) is 3.65. The number of amides is 1. The Kier molecular flexibility index (Phi) is 5.77. The van der Waals surface area contributed by atoms with Gasteiger partial charge in [-0.25, -0.2) is 4.39 Å². The van der Waals surface area contributed by atoms with Crippen LogP contribution in [-0.2, 0) is 4.79 Å². The van der Waals surface area contributed by atoms with E-state index in [1.165, 1.54) is 19.1 Å². The highest BCUT2D eigenvalue weighted by Crippen LogP contribution is 2.38. The lowest BCUT2D eigenvalue weighted by Gasteiger charge is -2.36. The van der Waals surface area contributed by atoms with Gasteiger partial charge in [0.1, 0.15) is 5.82 Å². The molecule has 1 amide bonds. The van der Waals surface area contributed by atoms with Gasteiger partial charge in [0.2, 0.25) is 11.3 Å². The summed E-state index contributed by atoms with van der Waals surface area (Å²) in [6.07, 6.45) is 6.62. The van der Waals surface area contributed by atoms with Crippen molar-refractivity contribution >= 4 is 34.4 Å². The highest BCUT2D eigenvalue weighted by molar-refractivity contribution is 6.08. The van der Waals surface area contributed by atoms with Gasteiger partial charge in [0.15, 0.2) is 5.78 Å². The van der Waals surface area contributed by atoms with Crippen molar-refractivity contribution in [3.8, 4) is 0 Å². The van der Waals surface area contributed by atoms with Crippen LogP contribution in [0.25, 0.3) is 17.0 Å². The molecule has 7 heteroatoms. The van der Waals surface area contributed by atoms with Crippen LogP contribution in [0.4, 0.5) is 10.1 Å². The number of carbonyl (C=O) groups is 2. The largest absolute Gasteiger partial charge is 0.366 e. The molecule has 0 unspecified atom stereocenters. The standard InChI is InChI=1S/C27H26FN3O3/c1-18(32)29-11-13-30(14-12-29)25-16-24-21(15-23(25)28)27(34)22(17-31(24)20-8-9-20)26(33)10-7-19-5-3-2-4-6-19/h2-7,10,15-17,20H,8-9,11-14H2,1H3. The summed E-state index contributed by atoms with van der Waals surface area (Å²) >= 11 is 0. The number of anilines is 1. The molecule has 3 aromatic rings. The second-order valence-corrected chi connectivity index (χ2v) is 8.93. The molecule has 1 saturated heterocycles.